The van der Waals surface area contributed by atoms with Gasteiger partial charge in [-0.25, -0.2) is 33.1 Å². The average molecular weight is 546 g/mol. The number of carboxylic acid groups (broad SMARTS) is 1. The van der Waals surface area contributed by atoms with Crippen molar-refractivity contribution in [1.82, 2.24) is 25.3 Å². The fraction of sp³-hybridized carbons (Fsp3) is 0.423. The van der Waals surface area contributed by atoms with Crippen molar-refractivity contribution in [2.75, 3.05) is 43.0 Å². The Bertz CT molecular complexity index is 1200. The summed E-state index contributed by atoms with van der Waals surface area (Å²) in [5, 5.41) is 13.3. The van der Waals surface area contributed by atoms with Gasteiger partial charge in [0.15, 0.2) is 11.6 Å². The van der Waals surface area contributed by atoms with Crippen LogP contribution in [-0.4, -0.2) is 70.3 Å². The largest absolute Gasteiger partial charge is 0.490 e. The van der Waals surface area contributed by atoms with Crippen molar-refractivity contribution in [1.29, 1.82) is 0 Å². The molecule has 13 heteroatoms. The predicted octanol–water partition coefficient (Wildman–Crippen LogP) is 3.24. The molecule has 1 aromatic carbocycles. The van der Waals surface area contributed by atoms with E-state index in [1.165, 1.54) is 18.5 Å². The van der Waals surface area contributed by atoms with Crippen molar-refractivity contribution >= 4 is 18.4 Å². The minimum Gasteiger partial charge on any atom is -0.490 e. The lowest BCUT2D eigenvalue weighted by molar-refractivity contribution is -0.122. The Hall–Kier alpha value is -4.00. The second kappa shape index (κ2) is 13.7. The zero-order chi connectivity index (χ0) is 27.6. The number of halogens is 3. The zero-order valence-electron chi connectivity index (χ0n) is 21.1. The van der Waals surface area contributed by atoms with E-state index in [1.54, 1.807) is 12.4 Å². The Morgan fingerprint density at radius 3 is 2.41 bits per heavy atom. The SMILES string of the molecule is Fc1cnc(N2CCC(CCOc3cnc(N[C@H]4CNC[C@@H]4c4cc(F)ccc4F)nc3)CC2)nc1.O=CO. The number of hydrogen-bond donors (Lipinski definition) is 3. The van der Waals surface area contributed by atoms with Crippen molar-refractivity contribution in [3.8, 4) is 5.75 Å². The molecule has 0 bridgehead atoms. The van der Waals surface area contributed by atoms with Crippen LogP contribution in [0.5, 0.6) is 5.75 Å². The number of ether oxygens (including phenoxy) is 1. The van der Waals surface area contributed by atoms with Crippen LogP contribution in [0.4, 0.5) is 25.1 Å². The third-order valence-corrected chi connectivity index (χ3v) is 6.81. The van der Waals surface area contributed by atoms with Crippen LogP contribution in [0.2, 0.25) is 0 Å². The molecule has 2 atom stereocenters. The predicted molar refractivity (Wildman–Crippen MR) is 137 cm³/mol. The van der Waals surface area contributed by atoms with Gasteiger partial charge in [-0.2, -0.15) is 0 Å². The van der Waals surface area contributed by atoms with Gasteiger partial charge in [-0.1, -0.05) is 0 Å². The van der Waals surface area contributed by atoms with Gasteiger partial charge in [0.2, 0.25) is 11.9 Å². The van der Waals surface area contributed by atoms with Crippen LogP contribution in [0, 0.1) is 23.4 Å². The number of rotatable bonds is 8. The molecule has 208 valence electrons. The minimum atomic E-state index is -0.456. The fourth-order valence-corrected chi connectivity index (χ4v) is 4.82. The summed E-state index contributed by atoms with van der Waals surface area (Å²) in [7, 11) is 0. The van der Waals surface area contributed by atoms with Gasteiger partial charge in [0, 0.05) is 38.1 Å². The van der Waals surface area contributed by atoms with Gasteiger partial charge in [0.1, 0.15) is 11.6 Å². The van der Waals surface area contributed by atoms with E-state index in [-0.39, 0.29) is 18.4 Å². The first-order chi connectivity index (χ1) is 19.0. The molecular formula is C26H30F3N7O3. The Balaban J connectivity index is 0.00000112. The van der Waals surface area contributed by atoms with Gasteiger partial charge in [-0.15, -0.1) is 0 Å². The lowest BCUT2D eigenvalue weighted by atomic mass is 9.94. The Labute approximate surface area is 223 Å². The normalized spacial score (nSPS) is 19.2. The molecule has 3 N–H and O–H groups in total. The van der Waals surface area contributed by atoms with E-state index in [9.17, 15) is 13.2 Å². The summed E-state index contributed by atoms with van der Waals surface area (Å²) in [6.45, 7) is 3.09. The molecule has 2 fully saturated rings. The van der Waals surface area contributed by atoms with Crippen LogP contribution >= 0.6 is 0 Å². The highest BCUT2D eigenvalue weighted by Gasteiger charge is 2.31. The van der Waals surface area contributed by atoms with Crippen molar-refractivity contribution in [3.05, 3.63) is 66.0 Å². The average Bonchev–Trinajstić information content (AvgIpc) is 3.40. The molecule has 3 aromatic rings. The molecule has 0 radical (unpaired) electrons. The van der Waals surface area contributed by atoms with Crippen LogP contribution in [-0.2, 0) is 4.79 Å². The molecule has 10 nitrogen and oxygen atoms in total. The Morgan fingerprint density at radius 2 is 1.72 bits per heavy atom. The summed E-state index contributed by atoms with van der Waals surface area (Å²) in [6, 6.07) is 3.36. The number of nitrogens with zero attached hydrogens (tertiary/aromatic N) is 5. The smallest absolute Gasteiger partial charge is 0.290 e. The quantitative estimate of drug-likeness (QED) is 0.363. The summed E-state index contributed by atoms with van der Waals surface area (Å²) in [5.74, 6) is 0.539. The molecule has 0 saturated carbocycles. The van der Waals surface area contributed by atoms with Crippen LogP contribution in [0.3, 0.4) is 0 Å². The number of nitrogens with one attached hydrogen (secondary N) is 2. The molecule has 2 aliphatic rings. The summed E-state index contributed by atoms with van der Waals surface area (Å²) in [5.41, 5.74) is 0.341. The molecule has 2 aromatic heterocycles. The standard InChI is InChI=1S/C25H28F3N7O.CH2O2/c26-17-1-2-22(28)20(9-17)21-14-29-15-23(21)34-24-30-12-19(13-31-24)36-8-5-16-3-6-35(7-4-16)25-32-10-18(27)11-33-25;2-1-3/h1-2,9-13,16,21,23,29H,3-8,14-15H2,(H,30,31,34);1H,(H,2,3)/t21-,23+;/m1./s1. The van der Waals surface area contributed by atoms with E-state index in [4.69, 9.17) is 14.6 Å². The maximum Gasteiger partial charge on any atom is 0.290 e. The monoisotopic (exact) mass is 545 g/mol. The van der Waals surface area contributed by atoms with Crippen LogP contribution < -0.4 is 20.3 Å². The molecular weight excluding hydrogens is 515 g/mol. The van der Waals surface area contributed by atoms with Crippen LogP contribution in [0.1, 0.15) is 30.7 Å². The summed E-state index contributed by atoms with van der Waals surface area (Å²) >= 11 is 0. The van der Waals surface area contributed by atoms with E-state index < -0.39 is 17.5 Å². The first kappa shape index (κ1) is 28.0. The van der Waals surface area contributed by atoms with Gasteiger partial charge in [-0.3, -0.25) is 4.79 Å². The highest BCUT2D eigenvalue weighted by molar-refractivity contribution is 5.35. The number of hydrogen-bond acceptors (Lipinski definition) is 9. The first-order valence-corrected chi connectivity index (χ1v) is 12.6. The lowest BCUT2D eigenvalue weighted by Gasteiger charge is -2.31. The molecule has 39 heavy (non-hydrogen) atoms. The van der Waals surface area contributed by atoms with Crippen molar-refractivity contribution in [2.45, 2.75) is 31.2 Å². The van der Waals surface area contributed by atoms with Crippen molar-refractivity contribution < 1.29 is 27.8 Å². The van der Waals surface area contributed by atoms with E-state index in [2.05, 4.69) is 35.5 Å². The van der Waals surface area contributed by atoms with Crippen molar-refractivity contribution in [2.24, 2.45) is 5.92 Å². The maximum absolute atomic E-state index is 14.3. The molecule has 0 unspecified atom stereocenters. The molecule has 2 aliphatic heterocycles. The van der Waals surface area contributed by atoms with E-state index in [1.807, 2.05) is 0 Å². The second-order valence-corrected chi connectivity index (χ2v) is 9.30. The molecule has 0 amide bonds. The Morgan fingerprint density at radius 1 is 1.03 bits per heavy atom. The molecule has 5 rings (SSSR count). The third kappa shape index (κ3) is 7.76. The van der Waals surface area contributed by atoms with E-state index in [0.29, 0.717) is 48.8 Å². The summed E-state index contributed by atoms with van der Waals surface area (Å²) in [6.07, 6.45) is 8.51. The lowest BCUT2D eigenvalue weighted by Crippen LogP contribution is -2.35. The molecule has 2 saturated heterocycles. The van der Waals surface area contributed by atoms with Gasteiger partial charge in [0.25, 0.3) is 6.47 Å². The van der Waals surface area contributed by atoms with Crippen molar-refractivity contribution in [3.63, 3.8) is 0 Å². The van der Waals surface area contributed by atoms with Gasteiger partial charge < -0.3 is 25.4 Å². The van der Waals surface area contributed by atoms with Gasteiger partial charge in [0.05, 0.1) is 31.4 Å². The van der Waals surface area contributed by atoms with E-state index >= 15 is 0 Å². The van der Waals surface area contributed by atoms with E-state index in [0.717, 1.165) is 44.5 Å². The number of carbonyl (C=O) groups is 1. The summed E-state index contributed by atoms with van der Waals surface area (Å²) in [4.78, 5) is 27.2. The maximum atomic E-state index is 14.3. The van der Waals surface area contributed by atoms with Gasteiger partial charge in [-0.05, 0) is 48.9 Å². The number of benzene rings is 1. The fourth-order valence-electron chi connectivity index (χ4n) is 4.82. The number of anilines is 2. The van der Waals surface area contributed by atoms with Crippen LogP contribution in [0.15, 0.2) is 43.0 Å². The topological polar surface area (TPSA) is 125 Å². The second-order valence-electron chi connectivity index (χ2n) is 9.30. The number of piperidine rings is 1. The van der Waals surface area contributed by atoms with Crippen LogP contribution in [0.25, 0.3) is 0 Å². The molecule has 0 aliphatic carbocycles. The van der Waals surface area contributed by atoms with Gasteiger partial charge >= 0.3 is 0 Å². The molecule has 0 spiro atoms. The summed E-state index contributed by atoms with van der Waals surface area (Å²) < 4.78 is 46.8. The number of aromatic nitrogens is 4. The third-order valence-electron chi connectivity index (χ3n) is 6.81. The Kier molecular flexibility index (Phi) is 9.84. The molecule has 4 heterocycles. The first-order valence-electron chi connectivity index (χ1n) is 12.6. The highest BCUT2D eigenvalue weighted by Crippen LogP contribution is 2.28. The highest BCUT2D eigenvalue weighted by atomic mass is 19.1. The minimum absolute atomic E-state index is 0.167. The zero-order valence-corrected chi connectivity index (χ0v) is 21.1.